The molecule has 0 saturated heterocycles. The minimum Gasteiger partial charge on any atom is -0.494 e. The predicted molar refractivity (Wildman–Crippen MR) is 89.4 cm³/mol. The van der Waals surface area contributed by atoms with Gasteiger partial charge >= 0.3 is 0 Å². The standard InChI is InChI=1S/C18H28N2O2/c1-4-22-16-10-7-9-14(12-16)18(21)19-17-11-6-5-8-15(17)13-20(2)3/h7,9-10,12,15,17H,4-6,8,11,13H2,1-3H3,(H,19,21). The maximum absolute atomic E-state index is 12.5. The Morgan fingerprint density at radius 2 is 2.09 bits per heavy atom. The molecule has 0 aromatic heterocycles. The number of hydrogen-bond donors (Lipinski definition) is 1. The lowest BCUT2D eigenvalue weighted by Gasteiger charge is -2.34. The largest absolute Gasteiger partial charge is 0.494 e. The van der Waals surface area contributed by atoms with E-state index in [1.54, 1.807) is 0 Å². The summed E-state index contributed by atoms with van der Waals surface area (Å²) in [5, 5.41) is 3.24. The summed E-state index contributed by atoms with van der Waals surface area (Å²) < 4.78 is 5.47. The molecule has 2 rings (SSSR count). The third kappa shape index (κ3) is 4.73. The molecular weight excluding hydrogens is 276 g/mol. The number of rotatable bonds is 6. The van der Waals surface area contributed by atoms with Crippen LogP contribution in [-0.4, -0.2) is 44.1 Å². The summed E-state index contributed by atoms with van der Waals surface area (Å²) in [4.78, 5) is 14.7. The van der Waals surface area contributed by atoms with Crippen LogP contribution in [0.5, 0.6) is 5.75 Å². The first-order chi connectivity index (χ1) is 10.6. The average Bonchev–Trinajstić information content (AvgIpc) is 2.49. The Morgan fingerprint density at radius 1 is 1.32 bits per heavy atom. The van der Waals surface area contributed by atoms with Gasteiger partial charge in [-0.15, -0.1) is 0 Å². The van der Waals surface area contributed by atoms with Crippen LogP contribution in [-0.2, 0) is 0 Å². The number of carbonyl (C=O) groups is 1. The van der Waals surface area contributed by atoms with Crippen LogP contribution in [0.15, 0.2) is 24.3 Å². The number of hydrogen-bond acceptors (Lipinski definition) is 3. The van der Waals surface area contributed by atoms with Gasteiger partial charge in [0, 0.05) is 18.2 Å². The highest BCUT2D eigenvalue weighted by Gasteiger charge is 2.27. The Hall–Kier alpha value is -1.55. The Kier molecular flexibility index (Phi) is 6.25. The summed E-state index contributed by atoms with van der Waals surface area (Å²) in [7, 11) is 4.19. The molecule has 1 aromatic rings. The van der Waals surface area contributed by atoms with E-state index in [2.05, 4.69) is 24.3 Å². The highest BCUT2D eigenvalue weighted by molar-refractivity contribution is 5.94. The zero-order valence-electron chi connectivity index (χ0n) is 14.0. The summed E-state index contributed by atoms with van der Waals surface area (Å²) in [6.07, 6.45) is 4.75. The zero-order valence-corrected chi connectivity index (χ0v) is 14.0. The molecule has 2 unspecified atom stereocenters. The van der Waals surface area contributed by atoms with Crippen molar-refractivity contribution in [2.75, 3.05) is 27.2 Å². The van der Waals surface area contributed by atoms with Crippen molar-refractivity contribution in [3.05, 3.63) is 29.8 Å². The Morgan fingerprint density at radius 3 is 2.82 bits per heavy atom. The lowest BCUT2D eigenvalue weighted by atomic mass is 9.84. The van der Waals surface area contributed by atoms with E-state index in [0.717, 1.165) is 18.7 Å². The number of amides is 1. The first-order valence-corrected chi connectivity index (χ1v) is 8.28. The topological polar surface area (TPSA) is 41.6 Å². The van der Waals surface area contributed by atoms with Crippen LogP contribution >= 0.6 is 0 Å². The molecular formula is C18H28N2O2. The molecule has 2 atom stereocenters. The monoisotopic (exact) mass is 304 g/mol. The van der Waals surface area contributed by atoms with E-state index in [1.165, 1.54) is 19.3 Å². The molecule has 1 saturated carbocycles. The van der Waals surface area contributed by atoms with Crippen LogP contribution in [0.1, 0.15) is 43.0 Å². The molecule has 0 radical (unpaired) electrons. The third-order valence-electron chi connectivity index (χ3n) is 4.23. The second kappa shape index (κ2) is 8.18. The van der Waals surface area contributed by atoms with Crippen molar-refractivity contribution in [2.45, 2.75) is 38.6 Å². The van der Waals surface area contributed by atoms with Crippen LogP contribution in [0.4, 0.5) is 0 Å². The van der Waals surface area contributed by atoms with E-state index in [9.17, 15) is 4.79 Å². The summed E-state index contributed by atoms with van der Waals surface area (Å²) in [6.45, 7) is 3.59. The fourth-order valence-electron chi connectivity index (χ4n) is 3.23. The van der Waals surface area contributed by atoms with E-state index >= 15 is 0 Å². The maximum Gasteiger partial charge on any atom is 0.251 e. The first-order valence-electron chi connectivity index (χ1n) is 8.28. The summed E-state index contributed by atoms with van der Waals surface area (Å²) in [6, 6.07) is 7.71. The van der Waals surface area contributed by atoms with Crippen LogP contribution in [0.2, 0.25) is 0 Å². The van der Waals surface area contributed by atoms with Gasteiger partial charge in [0.15, 0.2) is 0 Å². The minimum absolute atomic E-state index is 0.0113. The van der Waals surface area contributed by atoms with Crippen LogP contribution in [0.3, 0.4) is 0 Å². The molecule has 1 aliphatic carbocycles. The summed E-state index contributed by atoms with van der Waals surface area (Å²) >= 11 is 0. The van der Waals surface area contributed by atoms with Gasteiger partial charge in [0.1, 0.15) is 5.75 Å². The Balaban J connectivity index is 2.01. The fourth-order valence-corrected chi connectivity index (χ4v) is 3.23. The van der Waals surface area contributed by atoms with Gasteiger partial charge in [-0.05, 0) is 58.0 Å². The normalized spacial score (nSPS) is 21.6. The highest BCUT2D eigenvalue weighted by Crippen LogP contribution is 2.25. The zero-order chi connectivity index (χ0) is 15.9. The molecule has 0 heterocycles. The van der Waals surface area contributed by atoms with E-state index in [-0.39, 0.29) is 11.9 Å². The minimum atomic E-state index is 0.0113. The third-order valence-corrected chi connectivity index (χ3v) is 4.23. The van der Waals surface area contributed by atoms with Gasteiger partial charge in [-0.25, -0.2) is 0 Å². The highest BCUT2D eigenvalue weighted by atomic mass is 16.5. The van der Waals surface area contributed by atoms with Crippen LogP contribution < -0.4 is 10.1 Å². The van der Waals surface area contributed by atoms with Gasteiger partial charge in [0.2, 0.25) is 0 Å². The molecule has 22 heavy (non-hydrogen) atoms. The van der Waals surface area contributed by atoms with Gasteiger partial charge in [0.25, 0.3) is 5.91 Å². The van der Waals surface area contributed by atoms with Crippen molar-refractivity contribution >= 4 is 5.91 Å². The van der Waals surface area contributed by atoms with Crippen molar-refractivity contribution in [2.24, 2.45) is 5.92 Å². The lowest BCUT2D eigenvalue weighted by molar-refractivity contribution is 0.0895. The molecule has 1 fully saturated rings. The predicted octanol–water partition coefficient (Wildman–Crippen LogP) is 2.94. The molecule has 1 aliphatic rings. The summed E-state index contributed by atoms with van der Waals surface area (Å²) in [5.41, 5.74) is 0.681. The summed E-state index contributed by atoms with van der Waals surface area (Å²) in [5.74, 6) is 1.31. The quantitative estimate of drug-likeness (QED) is 0.878. The van der Waals surface area contributed by atoms with Gasteiger partial charge < -0.3 is 15.0 Å². The number of ether oxygens (including phenoxy) is 1. The van der Waals surface area contributed by atoms with E-state index in [0.29, 0.717) is 18.1 Å². The molecule has 0 aliphatic heterocycles. The molecule has 1 aromatic carbocycles. The first kappa shape index (κ1) is 16.8. The van der Waals surface area contributed by atoms with Crippen molar-refractivity contribution in [1.29, 1.82) is 0 Å². The number of nitrogens with zero attached hydrogens (tertiary/aromatic N) is 1. The van der Waals surface area contributed by atoms with Crippen LogP contribution in [0, 0.1) is 5.92 Å². The molecule has 1 amide bonds. The lowest BCUT2D eigenvalue weighted by Crippen LogP contribution is -2.45. The van der Waals surface area contributed by atoms with Crippen molar-refractivity contribution in [3.63, 3.8) is 0 Å². The Bertz CT molecular complexity index is 488. The van der Waals surface area contributed by atoms with E-state index in [4.69, 9.17) is 4.74 Å². The van der Waals surface area contributed by atoms with Gasteiger partial charge in [-0.3, -0.25) is 4.79 Å². The maximum atomic E-state index is 12.5. The van der Waals surface area contributed by atoms with Gasteiger partial charge in [0.05, 0.1) is 6.61 Å². The molecule has 0 bridgehead atoms. The number of nitrogens with one attached hydrogen (secondary N) is 1. The fraction of sp³-hybridized carbons (Fsp3) is 0.611. The average molecular weight is 304 g/mol. The molecule has 122 valence electrons. The SMILES string of the molecule is CCOc1cccc(C(=O)NC2CCCCC2CN(C)C)c1. The van der Waals surface area contributed by atoms with Crippen LogP contribution in [0.25, 0.3) is 0 Å². The molecule has 4 heteroatoms. The van der Waals surface area contributed by atoms with Crippen molar-refractivity contribution < 1.29 is 9.53 Å². The van der Waals surface area contributed by atoms with Gasteiger partial charge in [-0.1, -0.05) is 18.9 Å². The molecule has 4 nitrogen and oxygen atoms in total. The Labute approximate surface area is 133 Å². The van der Waals surface area contributed by atoms with E-state index in [1.807, 2.05) is 31.2 Å². The second-order valence-corrected chi connectivity index (χ2v) is 6.35. The molecule has 0 spiro atoms. The van der Waals surface area contributed by atoms with Crippen molar-refractivity contribution in [3.8, 4) is 5.75 Å². The van der Waals surface area contributed by atoms with Crippen molar-refractivity contribution in [1.82, 2.24) is 10.2 Å². The second-order valence-electron chi connectivity index (χ2n) is 6.35. The van der Waals surface area contributed by atoms with E-state index < -0.39 is 0 Å². The smallest absolute Gasteiger partial charge is 0.251 e. The number of benzene rings is 1. The molecule has 1 N–H and O–H groups in total. The van der Waals surface area contributed by atoms with Gasteiger partial charge in [-0.2, -0.15) is 0 Å². The number of carbonyl (C=O) groups excluding carboxylic acids is 1.